The van der Waals surface area contributed by atoms with Gasteiger partial charge in [-0.05, 0) is 24.6 Å². The number of hydrogen-bond acceptors (Lipinski definition) is 2. The van der Waals surface area contributed by atoms with Gasteiger partial charge < -0.3 is 16.4 Å². The Morgan fingerprint density at radius 2 is 1.61 bits per heavy atom. The summed E-state index contributed by atoms with van der Waals surface area (Å²) in [6.45, 7) is 0.829. The Bertz CT molecular complexity index is 432. The van der Waals surface area contributed by atoms with Crippen molar-refractivity contribution < 1.29 is 9.59 Å². The number of urea groups is 1. The monoisotopic (exact) mass is 289 g/mol. The van der Waals surface area contributed by atoms with Crippen molar-refractivity contribution >= 4 is 35.1 Å². The van der Waals surface area contributed by atoms with Crippen molar-refractivity contribution in [2.24, 2.45) is 5.73 Å². The molecule has 0 radical (unpaired) electrons. The summed E-state index contributed by atoms with van der Waals surface area (Å²) in [7, 11) is 0. The smallest absolute Gasteiger partial charge is 0.312 e. The molecule has 18 heavy (non-hydrogen) atoms. The van der Waals surface area contributed by atoms with Crippen molar-refractivity contribution in [3.63, 3.8) is 0 Å². The van der Waals surface area contributed by atoms with Crippen LogP contribution in [0.25, 0.3) is 0 Å². The van der Waals surface area contributed by atoms with Crippen LogP contribution in [0.15, 0.2) is 18.2 Å². The van der Waals surface area contributed by atoms with Crippen molar-refractivity contribution in [3.8, 4) is 0 Å². The Morgan fingerprint density at radius 3 is 2.17 bits per heavy atom. The average molecular weight is 290 g/mol. The number of nitrogens with one attached hydrogen (secondary N) is 2. The third-order valence-corrected chi connectivity index (χ3v) is 2.50. The molecule has 0 fully saturated rings. The van der Waals surface area contributed by atoms with Crippen LogP contribution in [0.1, 0.15) is 16.8 Å². The van der Waals surface area contributed by atoms with Crippen molar-refractivity contribution in [3.05, 3.63) is 33.8 Å². The van der Waals surface area contributed by atoms with E-state index in [2.05, 4.69) is 10.6 Å². The summed E-state index contributed by atoms with van der Waals surface area (Å²) in [4.78, 5) is 22.1. The molecule has 0 heterocycles. The van der Waals surface area contributed by atoms with Crippen LogP contribution in [-0.2, 0) is 0 Å². The number of nitrogens with two attached hydrogens (primary N) is 1. The zero-order valence-electron chi connectivity index (χ0n) is 9.50. The lowest BCUT2D eigenvalue weighted by Crippen LogP contribution is -2.32. The maximum Gasteiger partial charge on any atom is 0.312 e. The maximum absolute atomic E-state index is 11.7. The van der Waals surface area contributed by atoms with E-state index in [0.717, 1.165) is 0 Å². The zero-order valence-corrected chi connectivity index (χ0v) is 11.0. The number of rotatable bonds is 5. The largest absolute Gasteiger partial charge is 0.352 e. The molecule has 4 N–H and O–H groups in total. The molecular formula is C11H13Cl2N3O2. The van der Waals surface area contributed by atoms with Crippen molar-refractivity contribution in [2.45, 2.75) is 6.42 Å². The van der Waals surface area contributed by atoms with Crippen molar-refractivity contribution in [1.29, 1.82) is 0 Å². The molecule has 0 aliphatic carbocycles. The summed E-state index contributed by atoms with van der Waals surface area (Å²) in [5, 5.41) is 5.91. The second kappa shape index (κ2) is 7.08. The number of benzene rings is 1. The summed E-state index contributed by atoms with van der Waals surface area (Å²) in [6.07, 6.45) is 0.586. The van der Waals surface area contributed by atoms with Crippen LogP contribution in [0, 0.1) is 0 Å². The van der Waals surface area contributed by atoms with Gasteiger partial charge >= 0.3 is 6.03 Å². The first-order chi connectivity index (χ1) is 8.49. The molecule has 0 aromatic heterocycles. The van der Waals surface area contributed by atoms with Gasteiger partial charge in [0, 0.05) is 28.7 Å². The number of hydrogen-bond donors (Lipinski definition) is 3. The van der Waals surface area contributed by atoms with Gasteiger partial charge in [-0.15, -0.1) is 0 Å². The molecule has 1 aromatic carbocycles. The van der Waals surface area contributed by atoms with Gasteiger partial charge in [-0.3, -0.25) is 4.79 Å². The summed E-state index contributed by atoms with van der Waals surface area (Å²) in [5.41, 5.74) is 5.29. The molecule has 0 spiro atoms. The number of carbonyl (C=O) groups excluding carboxylic acids is 2. The van der Waals surface area contributed by atoms with Gasteiger partial charge in [-0.25, -0.2) is 4.79 Å². The normalized spacial score (nSPS) is 9.89. The van der Waals surface area contributed by atoms with E-state index in [0.29, 0.717) is 35.1 Å². The molecule has 0 saturated carbocycles. The highest BCUT2D eigenvalue weighted by Crippen LogP contribution is 2.18. The van der Waals surface area contributed by atoms with Crippen LogP contribution in [-0.4, -0.2) is 25.0 Å². The Hall–Kier alpha value is -1.46. The standard InChI is InChI=1S/C11H13Cl2N3O2/c12-8-4-7(5-9(13)6-8)10(17)15-2-1-3-16-11(14)18/h4-6H,1-3H2,(H,15,17)(H3,14,16,18). The summed E-state index contributed by atoms with van der Waals surface area (Å²) >= 11 is 11.6. The Morgan fingerprint density at radius 1 is 1.06 bits per heavy atom. The number of primary amides is 1. The fourth-order valence-electron chi connectivity index (χ4n) is 1.29. The van der Waals surface area contributed by atoms with E-state index in [1.165, 1.54) is 12.1 Å². The molecule has 1 aromatic rings. The SMILES string of the molecule is NC(=O)NCCCNC(=O)c1cc(Cl)cc(Cl)c1. The third kappa shape index (κ3) is 5.25. The fourth-order valence-corrected chi connectivity index (χ4v) is 1.81. The topological polar surface area (TPSA) is 84.2 Å². The van der Waals surface area contributed by atoms with E-state index in [1.807, 2.05) is 0 Å². The second-order valence-corrected chi connectivity index (χ2v) is 4.43. The minimum atomic E-state index is -0.581. The van der Waals surface area contributed by atoms with Crippen LogP contribution >= 0.6 is 23.2 Å². The van der Waals surface area contributed by atoms with E-state index in [4.69, 9.17) is 28.9 Å². The van der Waals surface area contributed by atoms with Crippen LogP contribution in [0.4, 0.5) is 4.79 Å². The van der Waals surface area contributed by atoms with Crippen LogP contribution < -0.4 is 16.4 Å². The summed E-state index contributed by atoms with van der Waals surface area (Å²) in [6, 6.07) is 4.04. The predicted molar refractivity (Wildman–Crippen MR) is 71.0 cm³/mol. The van der Waals surface area contributed by atoms with E-state index in [-0.39, 0.29) is 5.91 Å². The predicted octanol–water partition coefficient (Wildman–Crippen LogP) is 1.78. The van der Waals surface area contributed by atoms with E-state index in [1.54, 1.807) is 6.07 Å². The van der Waals surface area contributed by atoms with Crippen molar-refractivity contribution in [1.82, 2.24) is 10.6 Å². The molecule has 0 bridgehead atoms. The van der Waals surface area contributed by atoms with Crippen molar-refractivity contribution in [2.75, 3.05) is 13.1 Å². The average Bonchev–Trinajstić information content (AvgIpc) is 2.26. The Balaban J connectivity index is 2.38. The summed E-state index contributed by atoms with van der Waals surface area (Å²) in [5.74, 6) is -0.265. The van der Waals surface area contributed by atoms with Crippen LogP contribution in [0.3, 0.4) is 0 Å². The highest BCUT2D eigenvalue weighted by Gasteiger charge is 2.07. The molecule has 0 aliphatic rings. The van der Waals surface area contributed by atoms with E-state index < -0.39 is 6.03 Å². The highest BCUT2D eigenvalue weighted by molar-refractivity contribution is 6.35. The molecule has 0 atom stereocenters. The number of amides is 3. The Kier molecular flexibility index (Phi) is 5.74. The van der Waals surface area contributed by atoms with Crippen LogP contribution in [0.5, 0.6) is 0 Å². The highest BCUT2D eigenvalue weighted by atomic mass is 35.5. The first-order valence-electron chi connectivity index (χ1n) is 5.26. The maximum atomic E-state index is 11.7. The van der Waals surface area contributed by atoms with Gasteiger partial charge in [0.25, 0.3) is 5.91 Å². The molecule has 98 valence electrons. The lowest BCUT2D eigenvalue weighted by atomic mass is 10.2. The Labute approximate surface area is 115 Å². The van der Waals surface area contributed by atoms with Gasteiger partial charge in [0.15, 0.2) is 0 Å². The molecule has 0 saturated heterocycles. The minimum absolute atomic E-state index is 0.265. The lowest BCUT2D eigenvalue weighted by molar-refractivity contribution is 0.0953. The fraction of sp³-hybridized carbons (Fsp3) is 0.273. The van der Waals surface area contributed by atoms with Gasteiger partial charge in [0.1, 0.15) is 0 Å². The molecule has 0 unspecified atom stereocenters. The molecule has 7 heteroatoms. The van der Waals surface area contributed by atoms with Crippen LogP contribution in [0.2, 0.25) is 10.0 Å². The molecule has 3 amide bonds. The van der Waals surface area contributed by atoms with Gasteiger partial charge in [-0.1, -0.05) is 23.2 Å². The summed E-state index contributed by atoms with van der Waals surface area (Å²) < 4.78 is 0. The number of halogens is 2. The minimum Gasteiger partial charge on any atom is -0.352 e. The van der Waals surface area contributed by atoms with E-state index >= 15 is 0 Å². The molecule has 0 aliphatic heterocycles. The molecule has 5 nitrogen and oxygen atoms in total. The molecular weight excluding hydrogens is 277 g/mol. The second-order valence-electron chi connectivity index (χ2n) is 3.56. The van der Waals surface area contributed by atoms with Gasteiger partial charge in [0.2, 0.25) is 0 Å². The quantitative estimate of drug-likeness (QED) is 0.722. The first kappa shape index (κ1) is 14.6. The van der Waals surface area contributed by atoms with E-state index in [9.17, 15) is 9.59 Å². The van der Waals surface area contributed by atoms with Gasteiger partial charge in [-0.2, -0.15) is 0 Å². The first-order valence-corrected chi connectivity index (χ1v) is 6.02. The number of carbonyl (C=O) groups is 2. The molecule has 1 rings (SSSR count). The third-order valence-electron chi connectivity index (χ3n) is 2.06. The lowest BCUT2D eigenvalue weighted by Gasteiger charge is -2.06. The van der Waals surface area contributed by atoms with Gasteiger partial charge in [0.05, 0.1) is 0 Å². The zero-order chi connectivity index (χ0) is 13.5.